The Bertz CT molecular complexity index is 792. The summed E-state index contributed by atoms with van der Waals surface area (Å²) < 4.78 is 4.82. The first-order chi connectivity index (χ1) is 14.6. The fraction of sp³-hybridized carbons (Fsp3) is 0.571. The molecule has 0 spiro atoms. The van der Waals surface area contributed by atoms with E-state index in [1.165, 1.54) is 9.96 Å². The summed E-state index contributed by atoms with van der Waals surface area (Å²) in [4.78, 5) is 45.1. The van der Waals surface area contributed by atoms with E-state index in [0.717, 1.165) is 30.6 Å². The molecule has 0 N–H and O–H groups in total. The van der Waals surface area contributed by atoms with Gasteiger partial charge in [-0.1, -0.05) is 36.8 Å². The molecule has 8 nitrogen and oxygen atoms in total. The summed E-state index contributed by atoms with van der Waals surface area (Å²) in [5, 5.41) is 1.82. The number of hydroxylamine groups is 2. The second-order valence-corrected chi connectivity index (χ2v) is 9.01. The smallest absolute Gasteiger partial charge is 0.416 e. The van der Waals surface area contributed by atoms with E-state index in [2.05, 4.69) is 0 Å². The molecule has 0 bridgehead atoms. The van der Waals surface area contributed by atoms with Gasteiger partial charge in [-0.3, -0.25) is 9.63 Å². The molecule has 1 aromatic rings. The first-order valence-corrected chi connectivity index (χ1v) is 11.4. The van der Waals surface area contributed by atoms with Gasteiger partial charge in [0.2, 0.25) is 5.91 Å². The Morgan fingerprint density at radius 3 is 2.73 bits per heavy atom. The number of hydrogen-bond donors (Lipinski definition) is 0. The molecule has 3 heterocycles. The summed E-state index contributed by atoms with van der Waals surface area (Å²) >= 11 is 1.87. The molecule has 162 valence electrons. The number of rotatable bonds is 8. The zero-order chi connectivity index (χ0) is 21.1. The number of hydrogen-bond acceptors (Lipinski definition) is 6. The molecule has 3 aliphatic heterocycles. The minimum atomic E-state index is -0.533. The second kappa shape index (κ2) is 9.26. The minimum absolute atomic E-state index is 0.0437. The third-order valence-corrected chi connectivity index (χ3v) is 7.41. The number of carbonyl (C=O) groups is 3. The van der Waals surface area contributed by atoms with Gasteiger partial charge in [0.25, 0.3) is 0 Å². The maximum atomic E-state index is 12.9. The molecule has 4 rings (SSSR count). The molecule has 0 aliphatic carbocycles. The van der Waals surface area contributed by atoms with Gasteiger partial charge >= 0.3 is 12.1 Å². The van der Waals surface area contributed by atoms with Crippen molar-refractivity contribution in [2.75, 3.05) is 26.0 Å². The van der Waals surface area contributed by atoms with E-state index in [1.54, 1.807) is 7.11 Å². The van der Waals surface area contributed by atoms with Crippen LogP contribution >= 0.6 is 11.8 Å². The van der Waals surface area contributed by atoms with E-state index in [4.69, 9.17) is 9.57 Å². The van der Waals surface area contributed by atoms with Gasteiger partial charge in [-0.25, -0.2) is 14.5 Å². The summed E-state index contributed by atoms with van der Waals surface area (Å²) in [6.45, 7) is 1.20. The van der Waals surface area contributed by atoms with Crippen molar-refractivity contribution in [3.8, 4) is 0 Å². The highest BCUT2D eigenvalue weighted by Gasteiger charge is 2.53. The number of imide groups is 1. The molecule has 1 aromatic carbocycles. The molecule has 0 unspecified atom stereocenters. The van der Waals surface area contributed by atoms with Gasteiger partial charge in [-0.2, -0.15) is 16.8 Å². The number of urea groups is 1. The van der Waals surface area contributed by atoms with Crippen LogP contribution in [0.15, 0.2) is 30.3 Å². The van der Waals surface area contributed by atoms with Gasteiger partial charge in [0.1, 0.15) is 6.61 Å². The van der Waals surface area contributed by atoms with Crippen molar-refractivity contribution in [2.24, 2.45) is 0 Å². The number of benzene rings is 1. The van der Waals surface area contributed by atoms with Crippen LogP contribution in [0.25, 0.3) is 0 Å². The molecule has 0 saturated carbocycles. The number of unbranched alkanes of at least 4 members (excludes halogenated alkanes) is 1. The van der Waals surface area contributed by atoms with Crippen LogP contribution in [0.2, 0.25) is 0 Å². The van der Waals surface area contributed by atoms with Crippen LogP contribution in [0.4, 0.5) is 9.59 Å². The van der Waals surface area contributed by atoms with E-state index in [9.17, 15) is 14.4 Å². The number of nitrogens with zero attached hydrogens (tertiary/aromatic N) is 3. The standard InChI is InChI=1S/C21H27N3O5S/c1-28-24-16-14-30-17(9-5-6-10-18(25)22-11-12-29-21(22)27)19(16)23(20(24)26)13-15-7-3-2-4-8-15/h2-4,7-8,16-17,19H,5-6,9-14H2,1H3/t16-,17-,19-/m0/s1. The third-order valence-electron chi connectivity index (χ3n) is 5.94. The van der Waals surface area contributed by atoms with Crippen LogP contribution in [-0.2, 0) is 20.9 Å². The van der Waals surface area contributed by atoms with Crippen LogP contribution in [0.1, 0.15) is 31.2 Å². The Morgan fingerprint density at radius 1 is 1.23 bits per heavy atom. The number of ether oxygens (including phenoxy) is 1. The van der Waals surface area contributed by atoms with Crippen molar-refractivity contribution >= 4 is 29.8 Å². The number of thioether (sulfide) groups is 1. The molecule has 3 atom stereocenters. The van der Waals surface area contributed by atoms with E-state index in [0.29, 0.717) is 24.8 Å². The monoisotopic (exact) mass is 433 g/mol. The Morgan fingerprint density at radius 2 is 2.03 bits per heavy atom. The Hall–Kier alpha value is -2.26. The predicted molar refractivity (Wildman–Crippen MR) is 112 cm³/mol. The first kappa shape index (κ1) is 21.0. The lowest BCUT2D eigenvalue weighted by atomic mass is 10.0. The van der Waals surface area contributed by atoms with Gasteiger partial charge in [0, 0.05) is 24.0 Å². The van der Waals surface area contributed by atoms with Crippen LogP contribution < -0.4 is 0 Å². The summed E-state index contributed by atoms with van der Waals surface area (Å²) in [5.74, 6) is 0.681. The summed E-state index contributed by atoms with van der Waals surface area (Å²) in [6.07, 6.45) is 2.32. The topological polar surface area (TPSA) is 79.4 Å². The molecule has 30 heavy (non-hydrogen) atoms. The molecule has 0 aromatic heterocycles. The highest BCUT2D eigenvalue weighted by molar-refractivity contribution is 8.00. The SMILES string of the molecule is CON1C(=O)N(Cc2ccccc2)[C@@H]2[C@H](CCCCC(=O)N3CCOC3=O)SC[C@@H]21. The van der Waals surface area contributed by atoms with Crippen molar-refractivity contribution in [1.82, 2.24) is 14.9 Å². The van der Waals surface area contributed by atoms with Gasteiger partial charge < -0.3 is 9.64 Å². The van der Waals surface area contributed by atoms with Gasteiger partial charge in [0.15, 0.2) is 0 Å². The van der Waals surface area contributed by atoms with Crippen molar-refractivity contribution in [2.45, 2.75) is 49.6 Å². The van der Waals surface area contributed by atoms with Gasteiger partial charge in [-0.15, -0.1) is 0 Å². The van der Waals surface area contributed by atoms with Crippen LogP contribution in [0, 0.1) is 0 Å². The quantitative estimate of drug-likeness (QED) is 0.463. The van der Waals surface area contributed by atoms with Crippen molar-refractivity contribution in [3.05, 3.63) is 35.9 Å². The van der Waals surface area contributed by atoms with Crippen LogP contribution in [0.5, 0.6) is 0 Å². The predicted octanol–water partition coefficient (Wildman–Crippen LogP) is 2.88. The summed E-state index contributed by atoms with van der Waals surface area (Å²) in [5.41, 5.74) is 1.10. The molecular weight excluding hydrogens is 406 g/mol. The van der Waals surface area contributed by atoms with Crippen molar-refractivity contribution in [1.29, 1.82) is 0 Å². The summed E-state index contributed by atoms with van der Waals surface area (Å²) in [7, 11) is 1.55. The minimum Gasteiger partial charge on any atom is -0.447 e. The molecular formula is C21H27N3O5S. The number of fused-ring (bicyclic) bond motifs is 1. The van der Waals surface area contributed by atoms with E-state index in [1.807, 2.05) is 47.0 Å². The Kier molecular flexibility index (Phi) is 6.48. The number of cyclic esters (lactones) is 1. The lowest BCUT2D eigenvalue weighted by Gasteiger charge is -2.27. The fourth-order valence-corrected chi connectivity index (χ4v) is 6.11. The van der Waals surface area contributed by atoms with Crippen LogP contribution in [0.3, 0.4) is 0 Å². The molecule has 3 aliphatic rings. The van der Waals surface area contributed by atoms with Crippen molar-refractivity contribution < 1.29 is 24.0 Å². The molecule has 3 fully saturated rings. The van der Waals surface area contributed by atoms with Crippen LogP contribution in [-0.4, -0.2) is 76.2 Å². The Labute approximate surface area is 180 Å². The summed E-state index contributed by atoms with van der Waals surface area (Å²) in [6, 6.07) is 10.0. The maximum Gasteiger partial charge on any atom is 0.416 e. The lowest BCUT2D eigenvalue weighted by molar-refractivity contribution is -0.127. The largest absolute Gasteiger partial charge is 0.447 e. The molecule has 3 saturated heterocycles. The second-order valence-electron chi connectivity index (χ2n) is 7.74. The average Bonchev–Trinajstić information content (AvgIpc) is 3.43. The van der Waals surface area contributed by atoms with E-state index < -0.39 is 6.09 Å². The van der Waals surface area contributed by atoms with Gasteiger partial charge in [-0.05, 0) is 18.4 Å². The van der Waals surface area contributed by atoms with Crippen molar-refractivity contribution in [3.63, 3.8) is 0 Å². The highest BCUT2D eigenvalue weighted by Crippen LogP contribution is 2.42. The van der Waals surface area contributed by atoms with E-state index >= 15 is 0 Å². The fourth-order valence-electron chi connectivity index (χ4n) is 4.48. The lowest BCUT2D eigenvalue weighted by Crippen LogP contribution is -2.40. The zero-order valence-electron chi connectivity index (χ0n) is 17.1. The van der Waals surface area contributed by atoms with E-state index in [-0.39, 0.29) is 30.6 Å². The zero-order valence-corrected chi connectivity index (χ0v) is 17.9. The number of amides is 4. The first-order valence-electron chi connectivity index (χ1n) is 10.4. The normalized spacial score (nSPS) is 25.8. The van der Waals surface area contributed by atoms with Gasteiger partial charge in [0.05, 0.1) is 25.7 Å². The number of carbonyl (C=O) groups excluding carboxylic acids is 3. The highest BCUT2D eigenvalue weighted by atomic mass is 32.2. The third kappa shape index (κ3) is 4.13. The Balaban J connectivity index is 1.34. The average molecular weight is 434 g/mol. The molecule has 0 radical (unpaired) electrons. The maximum absolute atomic E-state index is 12.9. The molecule has 4 amide bonds. The molecule has 9 heteroatoms.